The average molecular weight is 489 g/mol. The number of hydrogen-bond acceptors (Lipinski definition) is 9. The van der Waals surface area contributed by atoms with Crippen molar-refractivity contribution in [3.63, 3.8) is 0 Å². The predicted octanol–water partition coefficient (Wildman–Crippen LogP) is 2.07. The van der Waals surface area contributed by atoms with Gasteiger partial charge in [-0.05, 0) is 30.7 Å². The van der Waals surface area contributed by atoms with Crippen LogP contribution in [0.1, 0.15) is 16.9 Å². The lowest BCUT2D eigenvalue weighted by Gasteiger charge is -2.13. The third-order valence-electron chi connectivity index (χ3n) is 4.68. The van der Waals surface area contributed by atoms with Crippen LogP contribution in [0.4, 0.5) is 19.0 Å². The third-order valence-corrected chi connectivity index (χ3v) is 4.68. The summed E-state index contributed by atoms with van der Waals surface area (Å²) in [5.74, 6) is -0.300. The van der Waals surface area contributed by atoms with Gasteiger partial charge in [0.2, 0.25) is 5.91 Å². The second kappa shape index (κ2) is 9.79. The normalized spacial score (nSPS) is 15.4. The number of nitrogens with one attached hydrogen (secondary N) is 2. The largest absolute Gasteiger partial charge is 0.481 e. The van der Waals surface area contributed by atoms with E-state index in [-0.39, 0.29) is 35.0 Å². The van der Waals surface area contributed by atoms with E-state index in [1.54, 1.807) is 24.3 Å². The van der Waals surface area contributed by atoms with E-state index in [4.69, 9.17) is 10.5 Å². The number of carbonyl (C=O) groups is 2. The zero-order valence-electron chi connectivity index (χ0n) is 17.9. The molecule has 3 aromatic rings. The van der Waals surface area contributed by atoms with Gasteiger partial charge in [0, 0.05) is 18.2 Å². The Morgan fingerprint density at radius 3 is 2.46 bits per heavy atom. The topological polar surface area (TPSA) is 154 Å². The van der Waals surface area contributed by atoms with Crippen LogP contribution < -0.4 is 25.8 Å². The van der Waals surface area contributed by atoms with Crippen LogP contribution in [-0.4, -0.2) is 57.1 Å². The number of carbonyl (C=O) groups excluding carboxylic acids is 2. The van der Waals surface area contributed by atoms with E-state index in [0.29, 0.717) is 24.3 Å². The average Bonchev–Trinajstić information content (AvgIpc) is 3.22. The van der Waals surface area contributed by atoms with Gasteiger partial charge in [0.15, 0.2) is 18.2 Å². The maximum atomic E-state index is 12.2. The predicted molar refractivity (Wildman–Crippen MR) is 115 cm³/mol. The van der Waals surface area contributed by atoms with E-state index in [1.165, 1.54) is 6.07 Å². The summed E-state index contributed by atoms with van der Waals surface area (Å²) in [6.45, 7) is -0.923. The number of halogens is 3. The monoisotopic (exact) mass is 489 g/mol. The van der Waals surface area contributed by atoms with E-state index in [9.17, 15) is 22.8 Å². The van der Waals surface area contributed by atoms with Crippen LogP contribution in [0, 0.1) is 0 Å². The molecule has 0 aliphatic carbocycles. The first-order valence-corrected chi connectivity index (χ1v) is 10.2. The Morgan fingerprint density at radius 2 is 1.86 bits per heavy atom. The third kappa shape index (κ3) is 6.31. The molecule has 14 heteroatoms. The number of benzene rings is 1. The fourth-order valence-electron chi connectivity index (χ4n) is 3.06. The molecule has 182 valence electrons. The van der Waals surface area contributed by atoms with Gasteiger partial charge in [-0.2, -0.15) is 23.1 Å². The van der Waals surface area contributed by atoms with Crippen molar-refractivity contribution in [3.05, 3.63) is 48.4 Å². The summed E-state index contributed by atoms with van der Waals surface area (Å²) in [5.41, 5.74) is 5.89. The maximum absolute atomic E-state index is 12.2. The number of amides is 2. The van der Waals surface area contributed by atoms with Crippen molar-refractivity contribution < 1.29 is 32.2 Å². The molecule has 0 bridgehead atoms. The number of alkyl halides is 3. The van der Waals surface area contributed by atoms with Gasteiger partial charge >= 0.3 is 12.2 Å². The quantitative estimate of drug-likeness (QED) is 0.431. The van der Waals surface area contributed by atoms with Crippen molar-refractivity contribution in [2.24, 2.45) is 5.73 Å². The van der Waals surface area contributed by atoms with Crippen molar-refractivity contribution in [2.75, 3.05) is 18.5 Å². The molecule has 1 aliphatic heterocycles. The highest BCUT2D eigenvalue weighted by molar-refractivity contribution is 5.92. The van der Waals surface area contributed by atoms with Crippen LogP contribution >= 0.6 is 0 Å². The molecule has 35 heavy (non-hydrogen) atoms. The number of ether oxygens (including phenoxy) is 2. The van der Waals surface area contributed by atoms with Gasteiger partial charge in [-0.1, -0.05) is 0 Å². The molecule has 1 saturated heterocycles. The number of anilines is 1. The Labute approximate surface area is 195 Å². The lowest BCUT2D eigenvalue weighted by atomic mass is 10.2. The molecule has 11 nitrogen and oxygen atoms in total. The number of nitrogens with zero attached hydrogens (tertiary/aromatic N) is 4. The lowest BCUT2D eigenvalue weighted by Crippen LogP contribution is -2.30. The van der Waals surface area contributed by atoms with Gasteiger partial charge in [0.05, 0.1) is 12.4 Å². The smallest absolute Gasteiger partial charge is 0.422 e. The summed E-state index contributed by atoms with van der Waals surface area (Å²) in [6, 6.07) is 7.12. The Bertz CT molecular complexity index is 1220. The first-order chi connectivity index (χ1) is 16.7. The molecule has 0 spiro atoms. The first kappa shape index (κ1) is 23.7. The highest BCUT2D eigenvalue weighted by atomic mass is 19.4. The molecular weight excluding hydrogens is 471 g/mol. The van der Waals surface area contributed by atoms with Gasteiger partial charge in [0.25, 0.3) is 5.91 Å². The second-order valence-corrected chi connectivity index (χ2v) is 7.33. The molecule has 2 aromatic heterocycles. The molecule has 4 N–H and O–H groups in total. The number of nitrogens with two attached hydrogens (primary N) is 1. The van der Waals surface area contributed by atoms with Crippen molar-refractivity contribution in [3.8, 4) is 28.9 Å². The van der Waals surface area contributed by atoms with Crippen LogP contribution in [0.2, 0.25) is 0 Å². The molecule has 1 atom stereocenters. The van der Waals surface area contributed by atoms with Crippen molar-refractivity contribution >= 4 is 17.6 Å². The molecular formula is C21H18F3N7O4. The Kier molecular flexibility index (Phi) is 6.62. The van der Waals surface area contributed by atoms with E-state index >= 15 is 0 Å². The molecule has 2 amide bonds. The Balaban J connectivity index is 1.47. The SMILES string of the molecule is NC(=O)c1cc(N[C@H]2CCNC2=O)nc(-c2ccc(Oc3ncc(OCC(F)(F)F)cn3)cc2)n1. The minimum atomic E-state index is -4.47. The Morgan fingerprint density at radius 1 is 1.14 bits per heavy atom. The fourth-order valence-corrected chi connectivity index (χ4v) is 3.06. The van der Waals surface area contributed by atoms with Gasteiger partial charge in [0.1, 0.15) is 23.3 Å². The lowest BCUT2D eigenvalue weighted by molar-refractivity contribution is -0.153. The highest BCUT2D eigenvalue weighted by Crippen LogP contribution is 2.25. The highest BCUT2D eigenvalue weighted by Gasteiger charge is 2.28. The van der Waals surface area contributed by atoms with Crippen LogP contribution in [0.15, 0.2) is 42.7 Å². The van der Waals surface area contributed by atoms with E-state index in [0.717, 1.165) is 12.4 Å². The van der Waals surface area contributed by atoms with Crippen molar-refractivity contribution in [1.29, 1.82) is 0 Å². The van der Waals surface area contributed by atoms with Gasteiger partial charge in [-0.3, -0.25) is 9.59 Å². The zero-order chi connectivity index (χ0) is 25.0. The molecule has 4 rings (SSSR count). The van der Waals surface area contributed by atoms with E-state index in [2.05, 4.69) is 35.3 Å². The summed E-state index contributed by atoms with van der Waals surface area (Å²) in [6.07, 6.45) is -1.79. The summed E-state index contributed by atoms with van der Waals surface area (Å²) >= 11 is 0. The van der Waals surface area contributed by atoms with Gasteiger partial charge in [-0.15, -0.1) is 0 Å². The number of aromatic nitrogens is 4. The van der Waals surface area contributed by atoms with Crippen molar-refractivity contribution in [1.82, 2.24) is 25.3 Å². The number of primary amides is 1. The maximum Gasteiger partial charge on any atom is 0.422 e. The molecule has 0 unspecified atom stereocenters. The summed E-state index contributed by atoms with van der Waals surface area (Å²) < 4.78 is 46.7. The number of hydrogen-bond donors (Lipinski definition) is 3. The van der Waals surface area contributed by atoms with Crippen LogP contribution in [-0.2, 0) is 4.79 Å². The summed E-state index contributed by atoms with van der Waals surface area (Å²) in [7, 11) is 0. The minimum absolute atomic E-state index is 0.0301. The van der Waals surface area contributed by atoms with Gasteiger partial charge in [-0.25, -0.2) is 9.97 Å². The summed E-state index contributed by atoms with van der Waals surface area (Å²) in [4.78, 5) is 39.7. The molecule has 3 heterocycles. The zero-order valence-corrected chi connectivity index (χ0v) is 17.9. The minimum Gasteiger partial charge on any atom is -0.481 e. The molecule has 1 fully saturated rings. The van der Waals surface area contributed by atoms with Gasteiger partial charge < -0.3 is 25.8 Å². The second-order valence-electron chi connectivity index (χ2n) is 7.33. The molecule has 1 aromatic carbocycles. The van der Waals surface area contributed by atoms with E-state index < -0.39 is 24.7 Å². The van der Waals surface area contributed by atoms with Crippen molar-refractivity contribution in [2.45, 2.75) is 18.6 Å². The molecule has 1 aliphatic rings. The molecule has 0 radical (unpaired) electrons. The number of rotatable bonds is 8. The summed E-state index contributed by atoms with van der Waals surface area (Å²) in [5, 5.41) is 5.68. The van der Waals surface area contributed by atoms with Crippen LogP contribution in [0.3, 0.4) is 0 Å². The van der Waals surface area contributed by atoms with E-state index in [1.807, 2.05) is 0 Å². The Hall–Kier alpha value is -4.49. The molecule has 0 saturated carbocycles. The first-order valence-electron chi connectivity index (χ1n) is 10.2. The standard InChI is InChI=1S/C21H18F3N7O4/c22-21(23,24)10-34-13-8-27-20(28-9-13)35-12-3-1-11(2-4-12)18-30-15(17(25)32)7-16(31-18)29-14-5-6-26-19(14)33/h1-4,7-9,14H,5-6,10H2,(H2,25,32)(H,26,33)(H,29,30,31)/t14-/m0/s1. The van der Waals surface area contributed by atoms with Crippen LogP contribution in [0.5, 0.6) is 17.5 Å². The van der Waals surface area contributed by atoms with Crippen LogP contribution in [0.25, 0.3) is 11.4 Å². The fraction of sp³-hybridized carbons (Fsp3) is 0.238.